The second-order valence-corrected chi connectivity index (χ2v) is 8.07. The first-order valence-corrected chi connectivity index (χ1v) is 10.8. The van der Waals surface area contributed by atoms with Gasteiger partial charge in [0.25, 0.3) is 0 Å². The van der Waals surface area contributed by atoms with Crippen molar-refractivity contribution in [2.45, 2.75) is 6.92 Å². The van der Waals surface area contributed by atoms with Crippen molar-refractivity contribution < 1.29 is 9.84 Å². The van der Waals surface area contributed by atoms with Gasteiger partial charge in [-0.1, -0.05) is 36.4 Å². The van der Waals surface area contributed by atoms with Crippen LogP contribution in [0.4, 0.5) is 0 Å². The number of aromatic nitrogens is 2. The van der Waals surface area contributed by atoms with E-state index in [4.69, 9.17) is 9.72 Å². The zero-order valence-electron chi connectivity index (χ0n) is 16.8. The fourth-order valence-electron chi connectivity index (χ4n) is 3.89. The van der Waals surface area contributed by atoms with Crippen LogP contribution in [0.3, 0.4) is 0 Å². The third kappa shape index (κ3) is 3.51. The summed E-state index contributed by atoms with van der Waals surface area (Å²) in [5.74, 6) is 0.514. The number of phenols is 1. The minimum absolute atomic E-state index is 0.0878. The summed E-state index contributed by atoms with van der Waals surface area (Å²) < 4.78 is 6.19. The molecule has 0 fully saturated rings. The number of hydrogen-bond donors (Lipinski definition) is 1. The molecule has 5 aromatic rings. The van der Waals surface area contributed by atoms with Gasteiger partial charge in [-0.05, 0) is 69.5 Å². The Bertz CT molecular complexity index is 1420. The third-order valence-electron chi connectivity index (χ3n) is 5.29. The average molecular weight is 471 g/mol. The molecule has 0 amide bonds. The average Bonchev–Trinajstić information content (AvgIpc) is 2.81. The van der Waals surface area contributed by atoms with Gasteiger partial charge in [0.15, 0.2) is 11.5 Å². The van der Waals surface area contributed by atoms with Gasteiger partial charge in [-0.25, -0.2) is 4.98 Å². The van der Waals surface area contributed by atoms with Crippen molar-refractivity contribution in [2.75, 3.05) is 6.61 Å². The SMILES string of the molecule is CCOc1cc(-c2cc(-c3cccnc3)c3c(ccc4ccccc43)n2)cc(Br)c1O. The number of benzene rings is 3. The molecule has 0 saturated heterocycles. The quantitative estimate of drug-likeness (QED) is 0.287. The van der Waals surface area contributed by atoms with Crippen LogP contribution in [0.5, 0.6) is 11.5 Å². The van der Waals surface area contributed by atoms with Gasteiger partial charge in [-0.15, -0.1) is 0 Å². The van der Waals surface area contributed by atoms with Crippen LogP contribution in [-0.4, -0.2) is 21.7 Å². The second kappa shape index (κ2) is 8.00. The van der Waals surface area contributed by atoms with Gasteiger partial charge in [0.2, 0.25) is 0 Å². The van der Waals surface area contributed by atoms with Crippen LogP contribution in [0.2, 0.25) is 0 Å². The number of rotatable bonds is 4. The van der Waals surface area contributed by atoms with Gasteiger partial charge in [-0.2, -0.15) is 0 Å². The van der Waals surface area contributed by atoms with E-state index in [2.05, 4.69) is 57.3 Å². The molecule has 5 heteroatoms. The Labute approximate surface area is 188 Å². The Balaban J connectivity index is 1.84. The predicted octanol–water partition coefficient (Wildman–Crippen LogP) is 6.98. The molecule has 0 atom stereocenters. The molecule has 2 heterocycles. The minimum Gasteiger partial charge on any atom is -0.503 e. The lowest BCUT2D eigenvalue weighted by Gasteiger charge is -2.14. The largest absolute Gasteiger partial charge is 0.503 e. The molecule has 0 unspecified atom stereocenters. The number of ether oxygens (including phenoxy) is 1. The lowest BCUT2D eigenvalue weighted by atomic mass is 9.95. The first kappa shape index (κ1) is 19.5. The molecule has 0 aliphatic carbocycles. The molecule has 152 valence electrons. The molecule has 4 nitrogen and oxygen atoms in total. The summed E-state index contributed by atoms with van der Waals surface area (Å²) in [5.41, 5.74) is 4.64. The highest BCUT2D eigenvalue weighted by atomic mass is 79.9. The first-order chi connectivity index (χ1) is 15.2. The number of hydrogen-bond acceptors (Lipinski definition) is 4. The molecule has 0 spiro atoms. The van der Waals surface area contributed by atoms with E-state index in [1.807, 2.05) is 43.5 Å². The standard InChI is InChI=1S/C26H19BrN2O2/c1-2-31-24-13-18(12-21(27)26(24)30)23-14-20(17-7-5-11-28-15-17)25-19-8-4-3-6-16(19)9-10-22(25)29-23/h3-15,30H,2H2,1H3. The van der Waals surface area contributed by atoms with Crippen LogP contribution in [-0.2, 0) is 0 Å². The van der Waals surface area contributed by atoms with Crippen molar-refractivity contribution in [2.24, 2.45) is 0 Å². The molecule has 0 aliphatic heterocycles. The molecule has 0 radical (unpaired) electrons. The molecule has 1 N–H and O–H groups in total. The third-order valence-corrected chi connectivity index (χ3v) is 5.90. The molecule has 31 heavy (non-hydrogen) atoms. The lowest BCUT2D eigenvalue weighted by Crippen LogP contribution is -1.95. The van der Waals surface area contributed by atoms with Gasteiger partial charge >= 0.3 is 0 Å². The Morgan fingerprint density at radius 2 is 1.84 bits per heavy atom. The monoisotopic (exact) mass is 470 g/mol. The van der Waals surface area contributed by atoms with Crippen molar-refractivity contribution in [1.29, 1.82) is 0 Å². The van der Waals surface area contributed by atoms with Crippen molar-refractivity contribution >= 4 is 37.6 Å². The van der Waals surface area contributed by atoms with Crippen molar-refractivity contribution in [3.8, 4) is 33.9 Å². The first-order valence-electron chi connectivity index (χ1n) is 10.0. The molecule has 2 aromatic heterocycles. The van der Waals surface area contributed by atoms with E-state index < -0.39 is 0 Å². The second-order valence-electron chi connectivity index (χ2n) is 7.22. The lowest BCUT2D eigenvalue weighted by molar-refractivity contribution is 0.317. The summed E-state index contributed by atoms with van der Waals surface area (Å²) >= 11 is 3.44. The highest BCUT2D eigenvalue weighted by Gasteiger charge is 2.16. The summed E-state index contributed by atoms with van der Waals surface area (Å²) in [4.78, 5) is 9.31. The number of halogens is 1. The molecular weight excluding hydrogens is 452 g/mol. The minimum atomic E-state index is 0.0878. The van der Waals surface area contributed by atoms with Gasteiger partial charge in [0.05, 0.1) is 22.3 Å². The van der Waals surface area contributed by atoms with Crippen molar-refractivity contribution in [1.82, 2.24) is 9.97 Å². The van der Waals surface area contributed by atoms with Crippen molar-refractivity contribution in [3.63, 3.8) is 0 Å². The maximum atomic E-state index is 10.3. The fourth-order valence-corrected chi connectivity index (χ4v) is 4.33. The number of aromatic hydroxyl groups is 1. The highest BCUT2D eigenvalue weighted by molar-refractivity contribution is 9.10. The Morgan fingerprint density at radius 3 is 2.65 bits per heavy atom. The van der Waals surface area contributed by atoms with E-state index in [-0.39, 0.29) is 5.75 Å². The van der Waals surface area contributed by atoms with Crippen LogP contribution in [0, 0.1) is 0 Å². The Kier molecular flexibility index (Phi) is 5.04. The summed E-state index contributed by atoms with van der Waals surface area (Å²) in [6.07, 6.45) is 3.65. The normalized spacial score (nSPS) is 11.2. The summed E-state index contributed by atoms with van der Waals surface area (Å²) in [6.45, 7) is 2.35. The van der Waals surface area contributed by atoms with E-state index in [1.54, 1.807) is 6.20 Å². The van der Waals surface area contributed by atoms with Crippen LogP contribution >= 0.6 is 15.9 Å². The number of pyridine rings is 2. The predicted molar refractivity (Wildman–Crippen MR) is 128 cm³/mol. The van der Waals surface area contributed by atoms with Gasteiger partial charge < -0.3 is 9.84 Å². The van der Waals surface area contributed by atoms with Gasteiger partial charge in [0.1, 0.15) is 0 Å². The van der Waals surface area contributed by atoms with Crippen molar-refractivity contribution in [3.05, 3.63) is 83.6 Å². The van der Waals surface area contributed by atoms with Crippen LogP contribution in [0.25, 0.3) is 44.1 Å². The van der Waals surface area contributed by atoms with Gasteiger partial charge in [-0.3, -0.25) is 4.98 Å². The number of phenolic OH excluding ortho intramolecular Hbond substituents is 1. The van der Waals surface area contributed by atoms with E-state index in [0.717, 1.165) is 38.7 Å². The maximum absolute atomic E-state index is 10.3. The fraction of sp³-hybridized carbons (Fsp3) is 0.0769. The van der Waals surface area contributed by atoms with E-state index in [0.29, 0.717) is 16.8 Å². The van der Waals surface area contributed by atoms with E-state index in [9.17, 15) is 5.11 Å². The maximum Gasteiger partial charge on any atom is 0.172 e. The van der Waals surface area contributed by atoms with Gasteiger partial charge in [0, 0.05) is 28.9 Å². The molecule has 0 aliphatic rings. The topological polar surface area (TPSA) is 55.2 Å². The number of nitrogens with zero attached hydrogens (tertiary/aromatic N) is 2. The van der Waals surface area contributed by atoms with Crippen LogP contribution < -0.4 is 4.74 Å². The van der Waals surface area contributed by atoms with Crippen LogP contribution in [0.1, 0.15) is 6.92 Å². The summed E-state index contributed by atoms with van der Waals surface area (Å²) in [6, 6.07) is 22.3. The van der Waals surface area contributed by atoms with E-state index >= 15 is 0 Å². The molecule has 3 aromatic carbocycles. The molecular formula is C26H19BrN2O2. The van der Waals surface area contributed by atoms with Crippen LogP contribution in [0.15, 0.2) is 83.6 Å². The molecule has 0 saturated carbocycles. The number of fused-ring (bicyclic) bond motifs is 3. The zero-order valence-corrected chi connectivity index (χ0v) is 18.4. The Hall–Kier alpha value is -3.44. The summed E-state index contributed by atoms with van der Waals surface area (Å²) in [7, 11) is 0. The Morgan fingerprint density at radius 1 is 0.968 bits per heavy atom. The molecule has 0 bridgehead atoms. The highest BCUT2D eigenvalue weighted by Crippen LogP contribution is 2.41. The molecule has 5 rings (SSSR count). The smallest absolute Gasteiger partial charge is 0.172 e. The van der Waals surface area contributed by atoms with E-state index in [1.165, 1.54) is 5.39 Å². The summed E-state index contributed by atoms with van der Waals surface area (Å²) in [5, 5.41) is 13.7. The zero-order chi connectivity index (χ0) is 21.4.